The number of hydrogen-bond donors (Lipinski definition) is 1. The molecule has 0 aliphatic rings. The highest BCUT2D eigenvalue weighted by Gasteiger charge is 2.30. The molecular formula is C30H36N2O2S. The van der Waals surface area contributed by atoms with Crippen LogP contribution in [0.4, 0.5) is 0 Å². The van der Waals surface area contributed by atoms with Crippen molar-refractivity contribution in [2.75, 3.05) is 5.75 Å². The van der Waals surface area contributed by atoms with Crippen LogP contribution in [0.25, 0.3) is 0 Å². The molecule has 0 aliphatic carbocycles. The van der Waals surface area contributed by atoms with Crippen molar-refractivity contribution < 1.29 is 9.59 Å². The predicted molar refractivity (Wildman–Crippen MR) is 146 cm³/mol. The molecular weight excluding hydrogens is 452 g/mol. The highest BCUT2D eigenvalue weighted by molar-refractivity contribution is 7.98. The molecule has 5 heteroatoms. The molecule has 2 atom stereocenters. The van der Waals surface area contributed by atoms with E-state index < -0.39 is 6.04 Å². The van der Waals surface area contributed by atoms with Crippen LogP contribution in [0, 0.1) is 0 Å². The summed E-state index contributed by atoms with van der Waals surface area (Å²) in [6.07, 6.45) is 1.72. The summed E-state index contributed by atoms with van der Waals surface area (Å²) >= 11 is 1.75. The third-order valence-corrected chi connectivity index (χ3v) is 7.07. The fraction of sp³-hybridized carbons (Fsp3) is 0.333. The van der Waals surface area contributed by atoms with Gasteiger partial charge in [-0.3, -0.25) is 9.59 Å². The number of hydrogen-bond acceptors (Lipinski definition) is 3. The Morgan fingerprint density at radius 3 is 1.94 bits per heavy atom. The van der Waals surface area contributed by atoms with Crippen LogP contribution in [0.3, 0.4) is 0 Å². The first-order chi connectivity index (χ1) is 17.1. The van der Waals surface area contributed by atoms with Crippen LogP contribution in [0.15, 0.2) is 91.0 Å². The summed E-state index contributed by atoms with van der Waals surface area (Å²) < 4.78 is 0. The first kappa shape index (κ1) is 26.6. The minimum atomic E-state index is -0.571. The summed E-state index contributed by atoms with van der Waals surface area (Å²) in [4.78, 5) is 28.8. The highest BCUT2D eigenvalue weighted by Crippen LogP contribution is 2.18. The molecule has 0 saturated heterocycles. The van der Waals surface area contributed by atoms with E-state index >= 15 is 0 Å². The smallest absolute Gasteiger partial charge is 0.243 e. The van der Waals surface area contributed by atoms with Gasteiger partial charge in [-0.1, -0.05) is 97.9 Å². The maximum absolute atomic E-state index is 13.6. The van der Waals surface area contributed by atoms with Gasteiger partial charge >= 0.3 is 0 Å². The summed E-state index contributed by atoms with van der Waals surface area (Å²) in [6, 6.07) is 29.6. The van der Waals surface area contributed by atoms with E-state index in [4.69, 9.17) is 0 Å². The second-order valence-electron chi connectivity index (χ2n) is 8.82. The van der Waals surface area contributed by atoms with Crippen LogP contribution in [-0.2, 0) is 28.3 Å². The molecule has 0 heterocycles. The Balaban J connectivity index is 1.78. The van der Waals surface area contributed by atoms with Gasteiger partial charge in [-0.2, -0.15) is 11.8 Å². The van der Waals surface area contributed by atoms with Crippen LogP contribution < -0.4 is 5.32 Å². The first-order valence-electron chi connectivity index (χ1n) is 12.4. The normalized spacial score (nSPS) is 12.5. The van der Waals surface area contributed by atoms with Crippen molar-refractivity contribution in [3.05, 3.63) is 108 Å². The summed E-state index contributed by atoms with van der Waals surface area (Å²) in [5.41, 5.74) is 3.31. The van der Waals surface area contributed by atoms with Crippen LogP contribution in [0.1, 0.15) is 43.4 Å². The zero-order chi connectivity index (χ0) is 24.9. The predicted octanol–water partition coefficient (Wildman–Crippen LogP) is 5.86. The summed E-state index contributed by atoms with van der Waals surface area (Å²) in [7, 11) is 0. The Morgan fingerprint density at radius 2 is 1.37 bits per heavy atom. The average molecular weight is 489 g/mol. The monoisotopic (exact) mass is 488 g/mol. The summed E-state index contributed by atoms with van der Waals surface area (Å²) in [5, 5.41) is 3.12. The Kier molecular flexibility index (Phi) is 10.9. The number of amides is 2. The van der Waals surface area contributed by atoms with Gasteiger partial charge in [-0.25, -0.2) is 0 Å². The number of nitrogens with one attached hydrogen (secondary N) is 1. The summed E-state index contributed by atoms with van der Waals surface area (Å²) in [6.45, 7) is 4.46. The largest absolute Gasteiger partial charge is 0.352 e. The van der Waals surface area contributed by atoms with Crippen LogP contribution in [-0.4, -0.2) is 34.6 Å². The Hall–Kier alpha value is -3.05. The van der Waals surface area contributed by atoms with Crippen LogP contribution in [0.5, 0.6) is 0 Å². The third-order valence-electron chi connectivity index (χ3n) is 6.04. The standard InChI is InChI=1S/C30H36N2O2S/c1-3-24(2)31-30(34)28(21-25-13-7-4-8-14-25)32(22-26-15-9-5-10-16-26)29(33)19-20-35-23-27-17-11-6-12-18-27/h4-18,24,28H,3,19-23H2,1-2H3,(H,31,34)/t24-,28+/m1/s1. The molecule has 0 spiro atoms. The number of nitrogens with zero attached hydrogens (tertiary/aromatic N) is 1. The first-order valence-corrected chi connectivity index (χ1v) is 13.5. The van der Waals surface area contributed by atoms with Crippen molar-refractivity contribution in [1.82, 2.24) is 10.2 Å². The number of rotatable bonds is 13. The van der Waals surface area contributed by atoms with Crippen molar-refractivity contribution in [3.63, 3.8) is 0 Å². The lowest BCUT2D eigenvalue weighted by atomic mass is 10.0. The van der Waals surface area contributed by atoms with Crippen LogP contribution >= 0.6 is 11.8 Å². The van der Waals surface area contributed by atoms with Gasteiger partial charge in [0.1, 0.15) is 6.04 Å². The molecule has 2 amide bonds. The third kappa shape index (κ3) is 8.91. The van der Waals surface area contributed by atoms with Crippen molar-refractivity contribution in [1.29, 1.82) is 0 Å². The maximum atomic E-state index is 13.6. The molecule has 184 valence electrons. The lowest BCUT2D eigenvalue weighted by molar-refractivity contribution is -0.141. The number of benzene rings is 3. The zero-order valence-electron chi connectivity index (χ0n) is 20.7. The number of thioether (sulfide) groups is 1. The minimum absolute atomic E-state index is 0.00893. The second-order valence-corrected chi connectivity index (χ2v) is 9.92. The molecule has 0 fully saturated rings. The van der Waals surface area contributed by atoms with Crippen molar-refractivity contribution in [2.24, 2.45) is 0 Å². The molecule has 0 aromatic heterocycles. The molecule has 0 aliphatic heterocycles. The van der Waals surface area contributed by atoms with Gasteiger partial charge in [-0.05, 0) is 30.0 Å². The molecule has 0 saturated carbocycles. The lowest BCUT2D eigenvalue weighted by Gasteiger charge is -2.32. The zero-order valence-corrected chi connectivity index (χ0v) is 21.5. The van der Waals surface area contributed by atoms with Gasteiger partial charge < -0.3 is 10.2 Å². The van der Waals surface area contributed by atoms with Gasteiger partial charge in [0, 0.05) is 36.9 Å². The van der Waals surface area contributed by atoms with Crippen molar-refractivity contribution in [2.45, 2.75) is 57.5 Å². The molecule has 3 rings (SSSR count). The highest BCUT2D eigenvalue weighted by atomic mass is 32.2. The van der Waals surface area contributed by atoms with E-state index in [0.29, 0.717) is 25.1 Å². The molecule has 3 aromatic carbocycles. The van der Waals surface area contributed by atoms with E-state index in [2.05, 4.69) is 17.4 Å². The number of carbonyl (C=O) groups excluding carboxylic acids is 2. The van der Waals surface area contributed by atoms with Gasteiger partial charge in [-0.15, -0.1) is 0 Å². The second kappa shape index (κ2) is 14.4. The van der Waals surface area contributed by atoms with Crippen molar-refractivity contribution in [3.8, 4) is 0 Å². The lowest BCUT2D eigenvalue weighted by Crippen LogP contribution is -2.52. The topological polar surface area (TPSA) is 49.4 Å². The van der Waals surface area contributed by atoms with E-state index in [1.165, 1.54) is 5.56 Å². The van der Waals surface area contributed by atoms with E-state index in [-0.39, 0.29) is 17.9 Å². The van der Waals surface area contributed by atoms with Gasteiger partial charge in [0.15, 0.2) is 0 Å². The molecule has 4 nitrogen and oxygen atoms in total. The van der Waals surface area contributed by atoms with Gasteiger partial charge in [0.2, 0.25) is 11.8 Å². The average Bonchev–Trinajstić information content (AvgIpc) is 2.90. The van der Waals surface area contributed by atoms with E-state index in [1.807, 2.05) is 92.7 Å². The Bertz CT molecular complexity index is 1030. The van der Waals surface area contributed by atoms with E-state index in [0.717, 1.165) is 23.3 Å². The fourth-order valence-electron chi connectivity index (χ4n) is 3.84. The van der Waals surface area contributed by atoms with E-state index in [1.54, 1.807) is 16.7 Å². The van der Waals surface area contributed by atoms with Gasteiger partial charge in [0.05, 0.1) is 0 Å². The van der Waals surface area contributed by atoms with Crippen molar-refractivity contribution >= 4 is 23.6 Å². The number of carbonyl (C=O) groups is 2. The minimum Gasteiger partial charge on any atom is -0.352 e. The van der Waals surface area contributed by atoms with Gasteiger partial charge in [0.25, 0.3) is 0 Å². The Labute approximate surface area is 214 Å². The SMILES string of the molecule is CC[C@@H](C)NC(=O)[C@H](Cc1ccccc1)N(Cc1ccccc1)C(=O)CCSCc1ccccc1. The van der Waals surface area contributed by atoms with E-state index in [9.17, 15) is 9.59 Å². The molecule has 3 aromatic rings. The Morgan fingerprint density at radius 1 is 0.829 bits per heavy atom. The molecule has 1 N–H and O–H groups in total. The fourth-order valence-corrected chi connectivity index (χ4v) is 4.73. The maximum Gasteiger partial charge on any atom is 0.243 e. The summed E-state index contributed by atoms with van der Waals surface area (Å²) in [5.74, 6) is 1.50. The molecule has 35 heavy (non-hydrogen) atoms. The quantitative estimate of drug-likeness (QED) is 0.306. The molecule has 0 bridgehead atoms. The molecule has 0 unspecified atom stereocenters. The molecule has 0 radical (unpaired) electrons. The van der Waals surface area contributed by atoms with Crippen LogP contribution in [0.2, 0.25) is 0 Å².